The van der Waals surface area contributed by atoms with E-state index in [4.69, 9.17) is 5.26 Å². The van der Waals surface area contributed by atoms with Crippen molar-refractivity contribution in [3.05, 3.63) is 65.2 Å². The van der Waals surface area contributed by atoms with E-state index in [9.17, 15) is 19.2 Å². The Morgan fingerprint density at radius 2 is 1.94 bits per heavy atom. The first kappa shape index (κ1) is 20.3. The topological polar surface area (TPSA) is 131 Å². The Hall–Kier alpha value is -4.03. The van der Waals surface area contributed by atoms with Gasteiger partial charge in [0.05, 0.1) is 17.7 Å². The Balaban J connectivity index is 1.53. The second-order valence-electron chi connectivity index (χ2n) is 7.38. The van der Waals surface area contributed by atoms with Gasteiger partial charge in [0.25, 0.3) is 0 Å². The minimum Gasteiger partial charge on any atom is -0.308 e. The number of amides is 5. The van der Waals surface area contributed by atoms with Crippen LogP contribution >= 0.6 is 0 Å². The number of carbonyl (C=O) groups excluding carboxylic acids is 4. The van der Waals surface area contributed by atoms with Crippen LogP contribution in [0, 0.1) is 11.3 Å². The number of nitriles is 1. The number of nitrogens with zero attached hydrogens (tertiary/aromatic N) is 2. The van der Waals surface area contributed by atoms with Crippen LogP contribution in [0.3, 0.4) is 0 Å². The predicted octanol–water partition coefficient (Wildman–Crippen LogP) is 1.57. The quantitative estimate of drug-likeness (QED) is 0.650. The molecular weight excluding hydrogens is 398 g/mol. The van der Waals surface area contributed by atoms with Crippen molar-refractivity contribution >= 4 is 29.4 Å². The molecule has 0 spiro atoms. The highest BCUT2D eigenvalue weighted by Crippen LogP contribution is 2.37. The predicted molar refractivity (Wildman–Crippen MR) is 109 cm³/mol. The molecule has 1 fully saturated rings. The molecule has 1 saturated heterocycles. The first-order chi connectivity index (χ1) is 15.0. The van der Waals surface area contributed by atoms with Crippen molar-refractivity contribution in [1.82, 2.24) is 15.5 Å². The second kappa shape index (κ2) is 8.38. The van der Waals surface area contributed by atoms with Crippen molar-refractivity contribution in [3.8, 4) is 6.07 Å². The molecule has 2 aliphatic rings. The summed E-state index contributed by atoms with van der Waals surface area (Å²) < 4.78 is 0. The molecule has 0 bridgehead atoms. The van der Waals surface area contributed by atoms with E-state index in [1.54, 1.807) is 35.2 Å². The molecule has 2 aliphatic heterocycles. The number of benzene rings is 2. The average Bonchev–Trinajstić information content (AvgIpc) is 3.13. The molecule has 2 aromatic rings. The number of hydrogen-bond acceptors (Lipinski definition) is 6. The molecule has 9 heteroatoms. The minimum atomic E-state index is -0.851. The Labute approximate surface area is 178 Å². The number of rotatable bonds is 3. The fraction of sp³-hybridized carbons (Fsp3) is 0.227. The van der Waals surface area contributed by atoms with Gasteiger partial charge < -0.3 is 5.32 Å². The van der Waals surface area contributed by atoms with Crippen LogP contribution in [0.15, 0.2) is 48.5 Å². The monoisotopic (exact) mass is 417 g/mol. The lowest BCUT2D eigenvalue weighted by Crippen LogP contribution is -2.54. The van der Waals surface area contributed by atoms with Gasteiger partial charge >= 0.3 is 6.03 Å². The van der Waals surface area contributed by atoms with Crippen LogP contribution in [-0.2, 0) is 20.9 Å². The van der Waals surface area contributed by atoms with Crippen LogP contribution in [0.25, 0.3) is 0 Å². The number of piperidine rings is 1. The minimum absolute atomic E-state index is 0.188. The van der Waals surface area contributed by atoms with Crippen molar-refractivity contribution in [2.75, 3.05) is 5.32 Å². The number of nitrogens with one attached hydrogen (secondary N) is 3. The third-order valence-electron chi connectivity index (χ3n) is 5.38. The zero-order valence-corrected chi connectivity index (χ0v) is 16.4. The van der Waals surface area contributed by atoms with Crippen molar-refractivity contribution < 1.29 is 19.2 Å². The van der Waals surface area contributed by atoms with Gasteiger partial charge in [-0.3, -0.25) is 29.9 Å². The Morgan fingerprint density at radius 3 is 2.71 bits per heavy atom. The fourth-order valence-electron chi connectivity index (χ4n) is 4.00. The second-order valence-corrected chi connectivity index (χ2v) is 7.38. The van der Waals surface area contributed by atoms with Gasteiger partial charge in [0.1, 0.15) is 6.04 Å². The molecule has 0 aromatic heterocycles. The molecule has 31 heavy (non-hydrogen) atoms. The molecule has 9 nitrogen and oxygen atoms in total. The summed E-state index contributed by atoms with van der Waals surface area (Å²) in [6.07, 6.45) is 0.489. The highest BCUT2D eigenvalue weighted by atomic mass is 16.2. The van der Waals surface area contributed by atoms with E-state index in [2.05, 4.69) is 16.0 Å². The Bertz CT molecular complexity index is 1120. The van der Waals surface area contributed by atoms with Crippen LogP contribution < -0.4 is 16.0 Å². The zero-order chi connectivity index (χ0) is 22.0. The van der Waals surface area contributed by atoms with Gasteiger partial charge in [-0.1, -0.05) is 30.3 Å². The van der Waals surface area contributed by atoms with Crippen LogP contribution in [0.1, 0.15) is 35.6 Å². The lowest BCUT2D eigenvalue weighted by molar-refractivity contribution is -0.139. The van der Waals surface area contributed by atoms with Gasteiger partial charge in [0.15, 0.2) is 0 Å². The Kier molecular flexibility index (Phi) is 5.47. The number of anilines is 1. The van der Waals surface area contributed by atoms with Gasteiger partial charge in [-0.05, 0) is 35.7 Å². The number of urea groups is 1. The number of imide groups is 2. The van der Waals surface area contributed by atoms with Crippen molar-refractivity contribution in [2.45, 2.75) is 31.5 Å². The molecule has 156 valence electrons. The van der Waals surface area contributed by atoms with E-state index in [-0.39, 0.29) is 12.3 Å². The van der Waals surface area contributed by atoms with Crippen LogP contribution in [-0.4, -0.2) is 34.7 Å². The lowest BCUT2D eigenvalue weighted by Gasteiger charge is -2.33. The maximum atomic E-state index is 13.1. The first-order valence-corrected chi connectivity index (χ1v) is 9.75. The van der Waals surface area contributed by atoms with E-state index < -0.39 is 29.9 Å². The van der Waals surface area contributed by atoms with Crippen molar-refractivity contribution in [3.63, 3.8) is 0 Å². The molecule has 2 aromatic carbocycles. The number of fused-ring (bicyclic) bond motifs is 1. The maximum absolute atomic E-state index is 13.1. The van der Waals surface area contributed by atoms with Crippen LogP contribution in [0.4, 0.5) is 10.5 Å². The van der Waals surface area contributed by atoms with Gasteiger partial charge in [0, 0.05) is 18.7 Å². The highest BCUT2D eigenvalue weighted by Gasteiger charge is 2.43. The molecule has 4 rings (SSSR count). The molecule has 2 heterocycles. The smallest absolute Gasteiger partial charge is 0.308 e. The molecule has 0 aliphatic carbocycles. The molecular formula is C22H19N5O4. The van der Waals surface area contributed by atoms with Gasteiger partial charge in [-0.25, -0.2) is 4.79 Å². The molecule has 3 N–H and O–H groups in total. The molecule has 0 radical (unpaired) electrons. The third kappa shape index (κ3) is 4.15. The highest BCUT2D eigenvalue weighted by molar-refractivity contribution is 6.04. The molecule has 0 saturated carbocycles. The summed E-state index contributed by atoms with van der Waals surface area (Å²) >= 11 is 0. The molecule has 5 amide bonds. The number of carbonyl (C=O) groups is 4. The number of hydrogen-bond donors (Lipinski definition) is 3. The van der Waals surface area contributed by atoms with Gasteiger partial charge in [-0.2, -0.15) is 5.26 Å². The zero-order valence-electron chi connectivity index (χ0n) is 16.4. The summed E-state index contributed by atoms with van der Waals surface area (Å²) in [4.78, 5) is 51.2. The lowest BCUT2D eigenvalue weighted by atomic mass is 10.0. The van der Waals surface area contributed by atoms with E-state index >= 15 is 0 Å². The van der Waals surface area contributed by atoms with Gasteiger partial charge in [-0.15, -0.1) is 0 Å². The SMILES string of the molecule is N#Cc1cccc(NC(=O)NC(=O)C2c3ccccc3CN2C2CCC(=O)NC2=O)c1. The summed E-state index contributed by atoms with van der Waals surface area (Å²) in [6.45, 7) is 0.354. The summed E-state index contributed by atoms with van der Waals surface area (Å²) in [5.74, 6) is -1.36. The van der Waals surface area contributed by atoms with Crippen molar-refractivity contribution in [1.29, 1.82) is 5.26 Å². The van der Waals surface area contributed by atoms with Crippen LogP contribution in [0.2, 0.25) is 0 Å². The maximum Gasteiger partial charge on any atom is 0.325 e. The van der Waals surface area contributed by atoms with E-state index in [0.717, 1.165) is 5.56 Å². The van der Waals surface area contributed by atoms with Crippen LogP contribution in [0.5, 0.6) is 0 Å². The average molecular weight is 417 g/mol. The fourth-order valence-corrected chi connectivity index (χ4v) is 4.00. The van der Waals surface area contributed by atoms with E-state index in [1.807, 2.05) is 18.2 Å². The summed E-state index contributed by atoms with van der Waals surface area (Å²) in [6, 6.07) is 13.3. The summed E-state index contributed by atoms with van der Waals surface area (Å²) in [7, 11) is 0. The summed E-state index contributed by atoms with van der Waals surface area (Å²) in [5, 5.41) is 16.2. The summed E-state index contributed by atoms with van der Waals surface area (Å²) in [5.41, 5.74) is 2.34. The standard InChI is InChI=1S/C22H19N5O4/c23-11-13-4-3-6-15(10-13)24-22(31)26-21(30)19-16-7-2-1-5-14(16)12-27(19)17-8-9-18(28)25-20(17)29/h1-7,10,17,19H,8-9,12H2,(H,25,28,29)(H2,24,26,30,31). The van der Waals surface area contributed by atoms with E-state index in [0.29, 0.717) is 29.8 Å². The molecule has 2 atom stereocenters. The largest absolute Gasteiger partial charge is 0.325 e. The van der Waals surface area contributed by atoms with Gasteiger partial charge in [0.2, 0.25) is 17.7 Å². The van der Waals surface area contributed by atoms with E-state index in [1.165, 1.54) is 6.07 Å². The first-order valence-electron chi connectivity index (χ1n) is 9.75. The third-order valence-corrected chi connectivity index (χ3v) is 5.38. The molecule has 2 unspecified atom stereocenters. The normalized spacial score (nSPS) is 20.4. The Morgan fingerprint density at radius 1 is 1.13 bits per heavy atom. The van der Waals surface area contributed by atoms with Crippen molar-refractivity contribution in [2.24, 2.45) is 0 Å².